The van der Waals surface area contributed by atoms with E-state index in [0.717, 1.165) is 49.9 Å². The summed E-state index contributed by atoms with van der Waals surface area (Å²) in [5, 5.41) is 3.35. The summed E-state index contributed by atoms with van der Waals surface area (Å²) < 4.78 is 5.10. The Hall–Kier alpha value is -1.20. The van der Waals surface area contributed by atoms with Crippen molar-refractivity contribution in [3.63, 3.8) is 0 Å². The van der Waals surface area contributed by atoms with Crippen LogP contribution in [-0.2, 0) is 11.3 Å². The van der Waals surface area contributed by atoms with E-state index in [0.29, 0.717) is 5.92 Å². The topological polar surface area (TPSA) is 50.3 Å². The predicted molar refractivity (Wildman–Crippen MR) is 83.3 cm³/mol. The molecule has 1 aromatic heterocycles. The fourth-order valence-electron chi connectivity index (χ4n) is 1.96. The summed E-state index contributed by atoms with van der Waals surface area (Å²) in [4.78, 5) is 11.4. The molecular formula is C15H28N4O. The van der Waals surface area contributed by atoms with Crippen LogP contribution in [0.4, 0.5) is 5.69 Å². The number of hydrogen-bond donors (Lipinski definition) is 1. The fourth-order valence-corrected chi connectivity index (χ4v) is 1.96. The Morgan fingerprint density at radius 2 is 2.15 bits per heavy atom. The van der Waals surface area contributed by atoms with Crippen molar-refractivity contribution in [1.82, 2.24) is 15.3 Å². The molecule has 0 fully saturated rings. The van der Waals surface area contributed by atoms with E-state index in [1.165, 1.54) is 0 Å². The molecule has 5 heteroatoms. The van der Waals surface area contributed by atoms with Crippen LogP contribution in [0.25, 0.3) is 0 Å². The molecule has 0 radical (unpaired) electrons. The van der Waals surface area contributed by atoms with Crippen molar-refractivity contribution < 1.29 is 4.74 Å². The zero-order chi connectivity index (χ0) is 15.0. The van der Waals surface area contributed by atoms with Crippen LogP contribution < -0.4 is 10.2 Å². The van der Waals surface area contributed by atoms with E-state index in [4.69, 9.17) is 9.72 Å². The predicted octanol–water partition coefficient (Wildman–Crippen LogP) is 2.18. The van der Waals surface area contributed by atoms with Gasteiger partial charge in [-0.3, -0.25) is 0 Å². The highest BCUT2D eigenvalue weighted by Crippen LogP contribution is 2.19. The number of anilines is 1. The Bertz CT molecular complexity index is 395. The fraction of sp³-hybridized carbons (Fsp3) is 0.733. The largest absolute Gasteiger partial charge is 0.385 e. The van der Waals surface area contributed by atoms with E-state index in [1.54, 1.807) is 7.11 Å². The molecule has 0 aliphatic carbocycles. The number of nitrogens with zero attached hydrogens (tertiary/aromatic N) is 3. The van der Waals surface area contributed by atoms with Gasteiger partial charge < -0.3 is 15.0 Å². The minimum atomic E-state index is 0.350. The summed E-state index contributed by atoms with van der Waals surface area (Å²) in [5.74, 6) is 1.26. The molecule has 1 N–H and O–H groups in total. The minimum Gasteiger partial charge on any atom is -0.385 e. The maximum Gasteiger partial charge on any atom is 0.131 e. The van der Waals surface area contributed by atoms with Crippen LogP contribution in [0.3, 0.4) is 0 Å². The maximum absolute atomic E-state index is 5.10. The highest BCUT2D eigenvalue weighted by molar-refractivity contribution is 5.48. The first-order valence-electron chi connectivity index (χ1n) is 7.36. The zero-order valence-electron chi connectivity index (χ0n) is 13.4. The molecule has 1 heterocycles. The average Bonchev–Trinajstić information content (AvgIpc) is 2.44. The van der Waals surface area contributed by atoms with Crippen LogP contribution in [-0.4, -0.2) is 43.8 Å². The van der Waals surface area contributed by atoms with Crippen molar-refractivity contribution in [2.24, 2.45) is 0 Å². The van der Waals surface area contributed by atoms with Gasteiger partial charge in [-0.25, -0.2) is 9.97 Å². The average molecular weight is 280 g/mol. The minimum absolute atomic E-state index is 0.350. The van der Waals surface area contributed by atoms with E-state index in [9.17, 15) is 0 Å². The molecular weight excluding hydrogens is 252 g/mol. The number of rotatable bonds is 9. The first-order valence-corrected chi connectivity index (χ1v) is 7.36. The molecule has 20 heavy (non-hydrogen) atoms. The lowest BCUT2D eigenvalue weighted by Crippen LogP contribution is -2.24. The monoisotopic (exact) mass is 280 g/mol. The van der Waals surface area contributed by atoms with Crippen molar-refractivity contribution in [3.8, 4) is 0 Å². The van der Waals surface area contributed by atoms with Gasteiger partial charge in [-0.15, -0.1) is 0 Å². The lowest BCUT2D eigenvalue weighted by atomic mass is 10.2. The van der Waals surface area contributed by atoms with Crippen LogP contribution in [0, 0.1) is 0 Å². The number of aromatic nitrogens is 2. The van der Waals surface area contributed by atoms with E-state index in [1.807, 2.05) is 6.20 Å². The van der Waals surface area contributed by atoms with Gasteiger partial charge in [-0.1, -0.05) is 20.8 Å². The highest BCUT2D eigenvalue weighted by Gasteiger charge is 2.12. The maximum atomic E-state index is 5.10. The summed E-state index contributed by atoms with van der Waals surface area (Å²) in [6.07, 6.45) is 2.95. The normalized spacial score (nSPS) is 11.1. The second-order valence-electron chi connectivity index (χ2n) is 5.26. The Labute approximate surface area is 122 Å². The molecule has 1 rings (SSSR count). The van der Waals surface area contributed by atoms with Gasteiger partial charge in [0.2, 0.25) is 0 Å². The number of ether oxygens (including phenoxy) is 1. The van der Waals surface area contributed by atoms with E-state index >= 15 is 0 Å². The third kappa shape index (κ3) is 5.06. The molecule has 5 nitrogen and oxygen atoms in total. The van der Waals surface area contributed by atoms with Gasteiger partial charge >= 0.3 is 0 Å². The van der Waals surface area contributed by atoms with E-state index < -0.39 is 0 Å². The quantitative estimate of drug-likeness (QED) is 0.703. The summed E-state index contributed by atoms with van der Waals surface area (Å²) in [5.41, 5.74) is 2.18. The van der Waals surface area contributed by atoms with Crippen molar-refractivity contribution in [2.75, 3.05) is 38.8 Å². The lowest BCUT2D eigenvalue weighted by molar-refractivity contribution is 0.196. The van der Waals surface area contributed by atoms with E-state index in [-0.39, 0.29) is 0 Å². The molecule has 0 saturated carbocycles. The first-order chi connectivity index (χ1) is 9.60. The van der Waals surface area contributed by atoms with Crippen molar-refractivity contribution in [3.05, 3.63) is 17.7 Å². The van der Waals surface area contributed by atoms with Gasteiger partial charge in [0.05, 0.1) is 17.6 Å². The number of nitrogens with one attached hydrogen (secondary N) is 1. The second kappa shape index (κ2) is 8.87. The summed E-state index contributed by atoms with van der Waals surface area (Å²) in [6.45, 7) is 9.78. The van der Waals surface area contributed by atoms with Crippen molar-refractivity contribution in [1.29, 1.82) is 0 Å². The van der Waals surface area contributed by atoms with Gasteiger partial charge in [0.1, 0.15) is 5.82 Å². The molecule has 0 bridgehead atoms. The first kappa shape index (κ1) is 16.9. The Balaban J connectivity index is 2.86. The standard InChI is InChI=1S/C15H28N4O/c1-6-16-10-13-14(19(4)8-7-9-20-5)11-17-15(18-13)12(2)3/h11-12,16H,6-10H2,1-5H3. The smallest absolute Gasteiger partial charge is 0.131 e. The Kier molecular flexibility index (Phi) is 7.47. The van der Waals surface area contributed by atoms with Gasteiger partial charge in [0.25, 0.3) is 0 Å². The van der Waals surface area contributed by atoms with Crippen molar-refractivity contribution >= 4 is 5.69 Å². The van der Waals surface area contributed by atoms with Crippen molar-refractivity contribution in [2.45, 2.75) is 39.7 Å². The van der Waals surface area contributed by atoms with Crippen LogP contribution in [0.15, 0.2) is 6.20 Å². The highest BCUT2D eigenvalue weighted by atomic mass is 16.5. The van der Waals surface area contributed by atoms with Gasteiger partial charge in [-0.2, -0.15) is 0 Å². The third-order valence-corrected chi connectivity index (χ3v) is 3.18. The van der Waals surface area contributed by atoms with Gasteiger partial charge in [0.15, 0.2) is 0 Å². The molecule has 1 aromatic rings. The van der Waals surface area contributed by atoms with Gasteiger partial charge in [0, 0.05) is 39.8 Å². The third-order valence-electron chi connectivity index (χ3n) is 3.18. The summed E-state index contributed by atoms with van der Waals surface area (Å²) in [6, 6.07) is 0. The molecule has 114 valence electrons. The van der Waals surface area contributed by atoms with Crippen LogP contribution in [0.1, 0.15) is 44.6 Å². The van der Waals surface area contributed by atoms with Crippen LogP contribution in [0.5, 0.6) is 0 Å². The molecule has 0 atom stereocenters. The molecule has 0 aliphatic heterocycles. The Morgan fingerprint density at radius 3 is 2.75 bits per heavy atom. The van der Waals surface area contributed by atoms with Gasteiger partial charge in [-0.05, 0) is 13.0 Å². The summed E-state index contributed by atoms with van der Waals surface area (Å²) in [7, 11) is 3.82. The number of methoxy groups -OCH3 is 1. The van der Waals surface area contributed by atoms with Crippen LogP contribution in [0.2, 0.25) is 0 Å². The molecule has 0 spiro atoms. The summed E-state index contributed by atoms with van der Waals surface area (Å²) >= 11 is 0. The molecule has 0 unspecified atom stereocenters. The molecule has 0 aromatic carbocycles. The second-order valence-corrected chi connectivity index (χ2v) is 5.26. The molecule has 0 saturated heterocycles. The SMILES string of the molecule is CCNCc1nc(C(C)C)ncc1N(C)CCCOC. The molecule has 0 amide bonds. The van der Waals surface area contributed by atoms with Crippen LogP contribution >= 0.6 is 0 Å². The zero-order valence-corrected chi connectivity index (χ0v) is 13.4. The lowest BCUT2D eigenvalue weighted by Gasteiger charge is -2.22. The Morgan fingerprint density at radius 1 is 1.40 bits per heavy atom. The molecule has 0 aliphatic rings. The number of hydrogen-bond acceptors (Lipinski definition) is 5. The van der Waals surface area contributed by atoms with E-state index in [2.05, 4.69) is 43.0 Å².